The first-order chi connectivity index (χ1) is 6.88. The summed E-state index contributed by atoms with van der Waals surface area (Å²) in [5, 5.41) is 0. The van der Waals surface area contributed by atoms with Gasteiger partial charge in [0.2, 0.25) is 0 Å². The van der Waals surface area contributed by atoms with Crippen molar-refractivity contribution in [2.24, 2.45) is 0 Å². The lowest BCUT2D eigenvalue weighted by atomic mass is 10.2. The quantitative estimate of drug-likeness (QED) is 0.704. The van der Waals surface area contributed by atoms with Crippen LogP contribution in [0.1, 0.15) is 39.5 Å². The second-order valence-corrected chi connectivity index (χ2v) is 3.68. The minimum atomic E-state index is 1.16. The second kappa shape index (κ2) is 6.52. The van der Waals surface area contributed by atoms with Gasteiger partial charge in [0.1, 0.15) is 0 Å². The molecule has 1 N–H and O–H groups in total. The van der Waals surface area contributed by atoms with Crippen LogP contribution in [0.2, 0.25) is 0 Å². The highest BCUT2D eigenvalue weighted by atomic mass is 15.1. The Morgan fingerprint density at radius 3 is 2.29 bits per heavy atom. The number of aromatic nitrogens is 1. The zero-order chi connectivity index (χ0) is 10.2. The monoisotopic (exact) mass is 193 g/mol. The van der Waals surface area contributed by atoms with E-state index >= 15 is 0 Å². The Morgan fingerprint density at radius 2 is 1.86 bits per heavy atom. The first-order valence-corrected chi connectivity index (χ1v) is 5.68. The molecule has 0 aliphatic carbocycles. The van der Waals surface area contributed by atoms with Crippen LogP contribution >= 0.6 is 0 Å². The molecule has 14 heavy (non-hydrogen) atoms. The van der Waals surface area contributed by atoms with Gasteiger partial charge in [-0.2, -0.15) is 0 Å². The summed E-state index contributed by atoms with van der Waals surface area (Å²) < 4.78 is 0. The number of nitrogens with zero attached hydrogens (tertiary/aromatic N) is 1. The first-order valence-electron chi connectivity index (χ1n) is 5.68. The molecule has 0 fully saturated rings. The summed E-state index contributed by atoms with van der Waals surface area (Å²) in [6.45, 7) is 6.79. The van der Waals surface area contributed by atoms with Crippen molar-refractivity contribution in [3.8, 4) is 0 Å². The highest BCUT2D eigenvalue weighted by molar-refractivity contribution is 5.42. The second-order valence-electron chi connectivity index (χ2n) is 3.68. The van der Waals surface area contributed by atoms with Crippen LogP contribution in [0.5, 0.6) is 0 Å². The minimum absolute atomic E-state index is 1.16. The number of rotatable bonds is 7. The van der Waals surface area contributed by atoms with Gasteiger partial charge < -0.3 is 9.88 Å². The Kier molecular flexibility index (Phi) is 5.20. The number of aromatic amines is 1. The predicted molar refractivity (Wildman–Crippen MR) is 61.7 cm³/mol. The number of nitrogens with one attached hydrogen (secondary N) is 1. The summed E-state index contributed by atoms with van der Waals surface area (Å²) in [4.78, 5) is 5.42. The fraction of sp³-hybridized carbons (Fsp3) is 0.667. The molecule has 0 aromatic carbocycles. The lowest BCUT2D eigenvalue weighted by molar-refractivity contribution is 0.678. The molecule has 0 aliphatic heterocycles. The van der Waals surface area contributed by atoms with E-state index in [4.69, 9.17) is 0 Å². The molecule has 2 heteroatoms. The van der Waals surface area contributed by atoms with Gasteiger partial charge in [0, 0.05) is 19.3 Å². The molecule has 1 rings (SSSR count). The molecule has 0 spiro atoms. The number of unbranched alkanes of at least 4 members (excludes halogenated alkanes) is 2. The number of H-pyrrole nitrogens is 1. The summed E-state index contributed by atoms with van der Waals surface area (Å²) in [5.41, 5.74) is 1.21. The van der Waals surface area contributed by atoms with Crippen molar-refractivity contribution in [2.45, 2.75) is 39.5 Å². The molecule has 2 nitrogen and oxygen atoms in total. The maximum atomic E-state index is 3.16. The van der Waals surface area contributed by atoms with Gasteiger partial charge in [-0.3, -0.25) is 0 Å². The molecule has 0 saturated heterocycles. The molecule has 1 radical (unpaired) electrons. The van der Waals surface area contributed by atoms with Crippen LogP contribution in [0, 0.1) is 6.20 Å². The Labute approximate surface area is 87.3 Å². The zero-order valence-corrected chi connectivity index (χ0v) is 9.34. The molecular formula is C12H21N2. The molecule has 0 bridgehead atoms. The molecular weight excluding hydrogens is 172 g/mol. The highest BCUT2D eigenvalue weighted by Gasteiger charge is 2.05. The molecule has 0 unspecified atom stereocenters. The fourth-order valence-corrected chi connectivity index (χ4v) is 1.51. The van der Waals surface area contributed by atoms with E-state index < -0.39 is 0 Å². The van der Waals surface area contributed by atoms with E-state index in [1.165, 1.54) is 31.4 Å². The van der Waals surface area contributed by atoms with Crippen molar-refractivity contribution >= 4 is 5.69 Å². The van der Waals surface area contributed by atoms with Crippen LogP contribution < -0.4 is 4.90 Å². The summed E-state index contributed by atoms with van der Waals surface area (Å²) in [5.74, 6) is 0. The number of hydrogen-bond donors (Lipinski definition) is 1. The van der Waals surface area contributed by atoms with Crippen LogP contribution in [-0.2, 0) is 0 Å². The number of hydrogen-bond acceptors (Lipinski definition) is 1. The lowest BCUT2D eigenvalue weighted by Gasteiger charge is -2.22. The first kappa shape index (κ1) is 11.2. The Bertz CT molecular complexity index is 208. The van der Waals surface area contributed by atoms with Gasteiger partial charge in [-0.1, -0.05) is 26.7 Å². The van der Waals surface area contributed by atoms with E-state index in [-0.39, 0.29) is 0 Å². The third kappa shape index (κ3) is 3.44. The smallest absolute Gasteiger partial charge is 0.0878 e. The number of anilines is 1. The molecule has 79 valence electrons. The van der Waals surface area contributed by atoms with E-state index in [0.29, 0.717) is 0 Å². The third-order valence-corrected chi connectivity index (χ3v) is 2.43. The van der Waals surface area contributed by atoms with Gasteiger partial charge in [0.25, 0.3) is 0 Å². The van der Waals surface area contributed by atoms with Crippen LogP contribution in [0.4, 0.5) is 5.69 Å². The molecule has 1 heterocycles. The normalized spacial score (nSPS) is 10.4. The molecule has 0 atom stereocenters. The highest BCUT2D eigenvalue weighted by Crippen LogP contribution is 2.13. The molecule has 0 saturated carbocycles. The van der Waals surface area contributed by atoms with Crippen LogP contribution in [0.3, 0.4) is 0 Å². The molecule has 0 aliphatic rings. The van der Waals surface area contributed by atoms with E-state index in [2.05, 4.69) is 36.0 Å². The maximum Gasteiger partial charge on any atom is 0.0878 e. The summed E-state index contributed by atoms with van der Waals surface area (Å²) in [7, 11) is 0. The van der Waals surface area contributed by atoms with Crippen LogP contribution in [0.25, 0.3) is 0 Å². The van der Waals surface area contributed by atoms with Crippen molar-refractivity contribution in [2.75, 3.05) is 18.0 Å². The third-order valence-electron chi connectivity index (χ3n) is 2.43. The maximum absolute atomic E-state index is 3.16. The van der Waals surface area contributed by atoms with Gasteiger partial charge in [0.05, 0.1) is 11.9 Å². The Morgan fingerprint density at radius 1 is 1.21 bits per heavy atom. The average Bonchev–Trinajstić information content (AvgIpc) is 2.71. The fourth-order valence-electron chi connectivity index (χ4n) is 1.51. The predicted octanol–water partition coefficient (Wildman–Crippen LogP) is 3.22. The summed E-state index contributed by atoms with van der Waals surface area (Å²) in [6, 6.07) is 2.10. The van der Waals surface area contributed by atoms with Gasteiger partial charge in [-0.15, -0.1) is 0 Å². The van der Waals surface area contributed by atoms with Crippen molar-refractivity contribution in [1.82, 2.24) is 4.98 Å². The largest absolute Gasteiger partial charge is 0.370 e. The van der Waals surface area contributed by atoms with Gasteiger partial charge in [-0.05, 0) is 18.9 Å². The van der Waals surface area contributed by atoms with Crippen molar-refractivity contribution in [3.63, 3.8) is 0 Å². The van der Waals surface area contributed by atoms with Gasteiger partial charge in [0.15, 0.2) is 0 Å². The van der Waals surface area contributed by atoms with E-state index in [0.717, 1.165) is 13.1 Å². The summed E-state index contributed by atoms with van der Waals surface area (Å²) in [6.07, 6.45) is 10.1. The van der Waals surface area contributed by atoms with Crippen LogP contribution in [-0.4, -0.2) is 18.1 Å². The van der Waals surface area contributed by atoms with E-state index in [9.17, 15) is 0 Å². The van der Waals surface area contributed by atoms with E-state index in [1.807, 2.05) is 6.20 Å². The van der Waals surface area contributed by atoms with E-state index in [1.54, 1.807) is 0 Å². The van der Waals surface area contributed by atoms with Crippen molar-refractivity contribution in [3.05, 3.63) is 18.5 Å². The molecule has 1 aromatic rings. The molecule has 1 aromatic heterocycles. The molecule has 0 amide bonds. The van der Waals surface area contributed by atoms with Crippen molar-refractivity contribution < 1.29 is 0 Å². The lowest BCUT2D eigenvalue weighted by Crippen LogP contribution is -2.25. The van der Waals surface area contributed by atoms with Gasteiger partial charge >= 0.3 is 0 Å². The average molecular weight is 193 g/mol. The van der Waals surface area contributed by atoms with Gasteiger partial charge in [-0.25, -0.2) is 0 Å². The topological polar surface area (TPSA) is 19.0 Å². The Balaban J connectivity index is 2.44. The van der Waals surface area contributed by atoms with Crippen molar-refractivity contribution in [1.29, 1.82) is 0 Å². The SMILES string of the molecule is CCCCN(CCCC)c1[c][nH]cc1. The minimum Gasteiger partial charge on any atom is -0.370 e. The zero-order valence-electron chi connectivity index (χ0n) is 9.34. The Hall–Kier alpha value is -0.920. The summed E-state index contributed by atoms with van der Waals surface area (Å²) >= 11 is 0. The van der Waals surface area contributed by atoms with Crippen LogP contribution in [0.15, 0.2) is 12.3 Å². The standard InChI is InChI=1S/C12H21N2/c1-3-5-9-14(10-6-4-2)12-7-8-13-11-12/h7-8,13H,3-6,9-10H2,1-2H3.